The third-order valence-electron chi connectivity index (χ3n) is 3.62. The Bertz CT molecular complexity index is 681. The standard InChI is InChI=1S/C15H20BrN5O/c1-5-21-11(2)12(8-18-21)6-7-15(22)19(3)10-14-13(16)9-17-20(14)4/h6-9H,5,10H2,1-4H3/b7-6+. The summed E-state index contributed by atoms with van der Waals surface area (Å²) in [6.45, 7) is 5.35. The van der Waals surface area contributed by atoms with Gasteiger partial charge in [0.25, 0.3) is 0 Å². The van der Waals surface area contributed by atoms with Crippen molar-refractivity contribution in [1.29, 1.82) is 0 Å². The van der Waals surface area contributed by atoms with E-state index >= 15 is 0 Å². The van der Waals surface area contributed by atoms with E-state index in [0.29, 0.717) is 6.54 Å². The van der Waals surface area contributed by atoms with Crippen LogP contribution in [0.5, 0.6) is 0 Å². The Hall–Kier alpha value is -1.89. The van der Waals surface area contributed by atoms with Gasteiger partial charge in [-0.3, -0.25) is 14.2 Å². The maximum Gasteiger partial charge on any atom is 0.246 e. The summed E-state index contributed by atoms with van der Waals surface area (Å²) in [4.78, 5) is 13.9. The number of nitrogens with zero attached hydrogens (tertiary/aromatic N) is 5. The molecule has 6 nitrogen and oxygen atoms in total. The number of hydrogen-bond acceptors (Lipinski definition) is 3. The second kappa shape index (κ2) is 6.91. The van der Waals surface area contributed by atoms with E-state index in [9.17, 15) is 4.79 Å². The summed E-state index contributed by atoms with van der Waals surface area (Å²) in [6.07, 6.45) is 6.90. The first kappa shape index (κ1) is 16.5. The zero-order valence-corrected chi connectivity index (χ0v) is 14.8. The van der Waals surface area contributed by atoms with Gasteiger partial charge in [0, 0.05) is 38.0 Å². The van der Waals surface area contributed by atoms with Crippen LogP contribution in [0.4, 0.5) is 0 Å². The first-order valence-electron chi connectivity index (χ1n) is 7.06. The molecule has 2 aromatic heterocycles. The lowest BCUT2D eigenvalue weighted by molar-refractivity contribution is -0.125. The molecule has 0 unspecified atom stereocenters. The molecule has 0 bridgehead atoms. The van der Waals surface area contributed by atoms with E-state index < -0.39 is 0 Å². The van der Waals surface area contributed by atoms with Crippen molar-refractivity contribution >= 4 is 27.9 Å². The van der Waals surface area contributed by atoms with E-state index in [1.807, 2.05) is 31.7 Å². The third kappa shape index (κ3) is 3.47. The fourth-order valence-corrected chi connectivity index (χ4v) is 2.62. The number of aryl methyl sites for hydroxylation is 2. The Morgan fingerprint density at radius 1 is 1.41 bits per heavy atom. The SMILES string of the molecule is CCn1ncc(/C=C/C(=O)N(C)Cc2c(Br)cnn2C)c1C. The van der Waals surface area contributed by atoms with Crippen molar-refractivity contribution in [2.24, 2.45) is 7.05 Å². The van der Waals surface area contributed by atoms with Crippen molar-refractivity contribution in [3.8, 4) is 0 Å². The second-order valence-electron chi connectivity index (χ2n) is 5.09. The van der Waals surface area contributed by atoms with Crippen LogP contribution in [0.2, 0.25) is 0 Å². The highest BCUT2D eigenvalue weighted by Gasteiger charge is 2.12. The quantitative estimate of drug-likeness (QED) is 0.764. The largest absolute Gasteiger partial charge is 0.336 e. The first-order chi connectivity index (χ1) is 10.4. The van der Waals surface area contributed by atoms with E-state index in [4.69, 9.17) is 0 Å². The summed E-state index contributed by atoms with van der Waals surface area (Å²) in [6, 6.07) is 0. The highest BCUT2D eigenvalue weighted by molar-refractivity contribution is 9.10. The molecule has 0 saturated heterocycles. The number of rotatable bonds is 5. The first-order valence-corrected chi connectivity index (χ1v) is 7.85. The maximum absolute atomic E-state index is 12.2. The van der Waals surface area contributed by atoms with Gasteiger partial charge < -0.3 is 4.90 Å². The van der Waals surface area contributed by atoms with Gasteiger partial charge in [-0.2, -0.15) is 10.2 Å². The Kier molecular flexibility index (Phi) is 5.18. The fourth-order valence-electron chi connectivity index (χ4n) is 2.15. The van der Waals surface area contributed by atoms with Crippen LogP contribution in [0.3, 0.4) is 0 Å². The zero-order chi connectivity index (χ0) is 16.3. The Morgan fingerprint density at radius 2 is 2.14 bits per heavy atom. The van der Waals surface area contributed by atoms with Crippen molar-refractivity contribution in [3.63, 3.8) is 0 Å². The Morgan fingerprint density at radius 3 is 2.68 bits per heavy atom. The van der Waals surface area contributed by atoms with Crippen molar-refractivity contribution < 1.29 is 4.79 Å². The van der Waals surface area contributed by atoms with Crippen LogP contribution in [0.15, 0.2) is 22.9 Å². The molecule has 0 aromatic carbocycles. The van der Waals surface area contributed by atoms with Crippen LogP contribution >= 0.6 is 15.9 Å². The highest BCUT2D eigenvalue weighted by atomic mass is 79.9. The molecule has 22 heavy (non-hydrogen) atoms. The molecule has 0 N–H and O–H groups in total. The molecule has 0 radical (unpaired) electrons. The lowest BCUT2D eigenvalue weighted by atomic mass is 10.2. The molecule has 0 saturated carbocycles. The summed E-state index contributed by atoms with van der Waals surface area (Å²) in [5.41, 5.74) is 2.98. The van der Waals surface area contributed by atoms with Crippen LogP contribution in [0, 0.1) is 6.92 Å². The minimum absolute atomic E-state index is 0.0586. The molecule has 0 atom stereocenters. The second-order valence-corrected chi connectivity index (χ2v) is 5.95. The van der Waals surface area contributed by atoms with Crippen molar-refractivity contribution in [2.45, 2.75) is 26.9 Å². The summed E-state index contributed by atoms with van der Waals surface area (Å²) < 4.78 is 4.56. The van der Waals surface area contributed by atoms with Crippen molar-refractivity contribution in [1.82, 2.24) is 24.5 Å². The summed E-state index contributed by atoms with van der Waals surface area (Å²) in [5.74, 6) is -0.0586. The zero-order valence-electron chi connectivity index (χ0n) is 13.2. The lowest BCUT2D eigenvalue weighted by Gasteiger charge is -2.15. The third-order valence-corrected chi connectivity index (χ3v) is 4.28. The molecular formula is C15H20BrN5O. The summed E-state index contributed by atoms with van der Waals surface area (Å²) in [5, 5.41) is 8.41. The number of halogens is 1. The van der Waals surface area contributed by atoms with Gasteiger partial charge in [-0.15, -0.1) is 0 Å². The van der Waals surface area contributed by atoms with Gasteiger partial charge in [0.05, 0.1) is 29.1 Å². The van der Waals surface area contributed by atoms with E-state index in [1.165, 1.54) is 0 Å². The average molecular weight is 366 g/mol. The smallest absolute Gasteiger partial charge is 0.246 e. The molecular weight excluding hydrogens is 346 g/mol. The Labute approximate surface area is 138 Å². The average Bonchev–Trinajstić information content (AvgIpc) is 3.01. The van der Waals surface area contributed by atoms with E-state index in [1.54, 1.807) is 35.1 Å². The van der Waals surface area contributed by atoms with Crippen molar-refractivity contribution in [3.05, 3.63) is 39.9 Å². The molecule has 0 aliphatic rings. The van der Waals surface area contributed by atoms with Gasteiger partial charge in [0.15, 0.2) is 0 Å². The minimum Gasteiger partial charge on any atom is -0.336 e. The van der Waals surface area contributed by atoms with Gasteiger partial charge in [0.1, 0.15) is 0 Å². The maximum atomic E-state index is 12.2. The van der Waals surface area contributed by atoms with Gasteiger partial charge >= 0.3 is 0 Å². The molecule has 2 heterocycles. The minimum atomic E-state index is -0.0586. The number of carbonyl (C=O) groups is 1. The molecule has 2 aromatic rings. The fraction of sp³-hybridized carbons (Fsp3) is 0.400. The predicted octanol–water partition coefficient (Wildman–Crippen LogP) is 2.38. The summed E-state index contributed by atoms with van der Waals surface area (Å²) in [7, 11) is 3.63. The lowest BCUT2D eigenvalue weighted by Crippen LogP contribution is -2.25. The topological polar surface area (TPSA) is 56.0 Å². The highest BCUT2D eigenvalue weighted by Crippen LogP contribution is 2.17. The number of hydrogen-bond donors (Lipinski definition) is 0. The molecule has 0 fully saturated rings. The molecule has 2 rings (SSSR count). The van der Waals surface area contributed by atoms with Gasteiger partial charge in [0.2, 0.25) is 5.91 Å². The molecule has 0 spiro atoms. The predicted molar refractivity (Wildman–Crippen MR) is 89.1 cm³/mol. The van der Waals surface area contributed by atoms with Crippen LogP contribution in [-0.4, -0.2) is 37.4 Å². The number of carbonyl (C=O) groups excluding carboxylic acids is 1. The summed E-state index contributed by atoms with van der Waals surface area (Å²) >= 11 is 3.44. The molecule has 7 heteroatoms. The van der Waals surface area contributed by atoms with E-state index in [-0.39, 0.29) is 5.91 Å². The van der Waals surface area contributed by atoms with Gasteiger partial charge in [-0.05, 0) is 35.9 Å². The van der Waals surface area contributed by atoms with Crippen LogP contribution in [0.1, 0.15) is 23.9 Å². The molecule has 0 aliphatic heterocycles. The van der Waals surface area contributed by atoms with Crippen LogP contribution in [-0.2, 0) is 24.9 Å². The molecule has 1 amide bonds. The van der Waals surface area contributed by atoms with Crippen molar-refractivity contribution in [2.75, 3.05) is 7.05 Å². The number of aromatic nitrogens is 4. The molecule has 118 valence electrons. The van der Waals surface area contributed by atoms with E-state index in [2.05, 4.69) is 26.1 Å². The normalized spacial score (nSPS) is 11.3. The van der Waals surface area contributed by atoms with Crippen LogP contribution < -0.4 is 0 Å². The van der Waals surface area contributed by atoms with Gasteiger partial charge in [-0.25, -0.2) is 0 Å². The Balaban J connectivity index is 2.05. The van der Waals surface area contributed by atoms with Crippen LogP contribution in [0.25, 0.3) is 6.08 Å². The molecule has 0 aliphatic carbocycles. The number of likely N-dealkylation sites (N-methyl/N-ethyl adjacent to an activating group) is 1. The monoisotopic (exact) mass is 365 g/mol. The van der Waals surface area contributed by atoms with Gasteiger partial charge in [-0.1, -0.05) is 0 Å². The number of amides is 1. The van der Waals surface area contributed by atoms with E-state index in [0.717, 1.165) is 28.0 Å².